The van der Waals surface area contributed by atoms with E-state index in [4.69, 9.17) is 9.47 Å². The van der Waals surface area contributed by atoms with Crippen molar-refractivity contribution in [1.29, 1.82) is 0 Å². The SMILES string of the molecule is COc1ccc(OC)c(C(C)NC(C)c2csc(C)n2)c1. The summed E-state index contributed by atoms with van der Waals surface area (Å²) in [6.07, 6.45) is 0. The summed E-state index contributed by atoms with van der Waals surface area (Å²) in [6, 6.07) is 6.16. The molecule has 2 atom stereocenters. The fraction of sp³-hybridized carbons (Fsp3) is 0.438. The smallest absolute Gasteiger partial charge is 0.123 e. The number of ether oxygens (including phenoxy) is 2. The van der Waals surface area contributed by atoms with Gasteiger partial charge in [-0.1, -0.05) is 0 Å². The second-order valence-corrected chi connectivity index (χ2v) is 6.07. The van der Waals surface area contributed by atoms with Gasteiger partial charge in [0, 0.05) is 23.0 Å². The monoisotopic (exact) mass is 306 g/mol. The zero-order chi connectivity index (χ0) is 15.4. The molecular formula is C16H22N2O2S. The molecule has 4 nitrogen and oxygen atoms in total. The van der Waals surface area contributed by atoms with Gasteiger partial charge in [0.1, 0.15) is 11.5 Å². The lowest BCUT2D eigenvalue weighted by Crippen LogP contribution is -2.23. The molecule has 2 rings (SSSR count). The van der Waals surface area contributed by atoms with E-state index in [2.05, 4.69) is 29.5 Å². The van der Waals surface area contributed by atoms with Crippen molar-refractivity contribution in [2.45, 2.75) is 32.9 Å². The van der Waals surface area contributed by atoms with E-state index in [0.29, 0.717) is 0 Å². The van der Waals surface area contributed by atoms with E-state index < -0.39 is 0 Å². The molecular weight excluding hydrogens is 284 g/mol. The van der Waals surface area contributed by atoms with Crippen LogP contribution < -0.4 is 14.8 Å². The summed E-state index contributed by atoms with van der Waals surface area (Å²) < 4.78 is 10.8. The molecule has 0 saturated heterocycles. The van der Waals surface area contributed by atoms with E-state index in [1.54, 1.807) is 25.6 Å². The highest BCUT2D eigenvalue weighted by Crippen LogP contribution is 2.30. The summed E-state index contributed by atoms with van der Waals surface area (Å²) in [6.45, 7) is 6.26. The van der Waals surface area contributed by atoms with Gasteiger partial charge < -0.3 is 14.8 Å². The fourth-order valence-corrected chi connectivity index (χ4v) is 3.01. The molecule has 1 heterocycles. The maximum atomic E-state index is 5.45. The molecule has 1 aromatic carbocycles. The van der Waals surface area contributed by atoms with Gasteiger partial charge in [0.05, 0.1) is 24.9 Å². The van der Waals surface area contributed by atoms with Gasteiger partial charge >= 0.3 is 0 Å². The van der Waals surface area contributed by atoms with Crippen LogP contribution >= 0.6 is 11.3 Å². The van der Waals surface area contributed by atoms with Gasteiger partial charge in [-0.2, -0.15) is 0 Å². The summed E-state index contributed by atoms with van der Waals surface area (Å²) in [5.74, 6) is 1.69. The maximum absolute atomic E-state index is 5.45. The molecule has 21 heavy (non-hydrogen) atoms. The second-order valence-electron chi connectivity index (χ2n) is 5.01. The normalized spacial score (nSPS) is 13.8. The Morgan fingerprint density at radius 1 is 1.14 bits per heavy atom. The molecule has 0 saturated carbocycles. The number of aryl methyl sites for hydroxylation is 1. The van der Waals surface area contributed by atoms with E-state index in [9.17, 15) is 0 Å². The highest BCUT2D eigenvalue weighted by molar-refractivity contribution is 7.09. The molecule has 1 N–H and O–H groups in total. The molecule has 1 aromatic heterocycles. The lowest BCUT2D eigenvalue weighted by atomic mass is 10.1. The van der Waals surface area contributed by atoms with Crippen molar-refractivity contribution in [3.63, 3.8) is 0 Å². The molecule has 0 amide bonds. The van der Waals surface area contributed by atoms with Crippen molar-refractivity contribution in [3.05, 3.63) is 39.8 Å². The van der Waals surface area contributed by atoms with Crippen molar-refractivity contribution < 1.29 is 9.47 Å². The van der Waals surface area contributed by atoms with Gasteiger partial charge in [-0.25, -0.2) is 4.98 Å². The number of aromatic nitrogens is 1. The largest absolute Gasteiger partial charge is 0.497 e. The van der Waals surface area contributed by atoms with Crippen LogP contribution in [0.1, 0.15) is 42.2 Å². The first kappa shape index (κ1) is 15.8. The molecule has 0 aliphatic rings. The highest BCUT2D eigenvalue weighted by Gasteiger charge is 2.17. The highest BCUT2D eigenvalue weighted by atomic mass is 32.1. The molecule has 0 aliphatic heterocycles. The van der Waals surface area contributed by atoms with Gasteiger partial charge in [-0.15, -0.1) is 11.3 Å². The third-order valence-corrected chi connectivity index (χ3v) is 4.28. The van der Waals surface area contributed by atoms with Crippen molar-refractivity contribution in [2.24, 2.45) is 0 Å². The average molecular weight is 306 g/mol. The van der Waals surface area contributed by atoms with Crippen LogP contribution in [0.25, 0.3) is 0 Å². The fourth-order valence-electron chi connectivity index (χ4n) is 2.31. The third-order valence-electron chi connectivity index (χ3n) is 3.48. The van der Waals surface area contributed by atoms with Crippen molar-refractivity contribution in [2.75, 3.05) is 14.2 Å². The van der Waals surface area contributed by atoms with Gasteiger partial charge in [-0.05, 0) is 39.0 Å². The first-order chi connectivity index (χ1) is 10.0. The number of methoxy groups -OCH3 is 2. The quantitative estimate of drug-likeness (QED) is 0.879. The van der Waals surface area contributed by atoms with E-state index in [1.807, 2.05) is 25.1 Å². The minimum absolute atomic E-state index is 0.132. The number of benzene rings is 1. The minimum atomic E-state index is 0.132. The second kappa shape index (κ2) is 6.91. The van der Waals surface area contributed by atoms with Crippen LogP contribution in [0, 0.1) is 6.92 Å². The summed E-state index contributed by atoms with van der Waals surface area (Å²) in [7, 11) is 3.36. The Morgan fingerprint density at radius 2 is 1.90 bits per heavy atom. The Kier molecular flexibility index (Phi) is 5.20. The molecule has 0 bridgehead atoms. The van der Waals surface area contributed by atoms with Gasteiger partial charge in [0.2, 0.25) is 0 Å². The maximum Gasteiger partial charge on any atom is 0.123 e. The van der Waals surface area contributed by atoms with E-state index in [-0.39, 0.29) is 12.1 Å². The zero-order valence-corrected chi connectivity index (χ0v) is 14.0. The molecule has 0 fully saturated rings. The predicted molar refractivity (Wildman–Crippen MR) is 86.4 cm³/mol. The lowest BCUT2D eigenvalue weighted by Gasteiger charge is -2.21. The Balaban J connectivity index is 2.17. The van der Waals surface area contributed by atoms with Gasteiger partial charge in [0.15, 0.2) is 0 Å². The summed E-state index contributed by atoms with van der Waals surface area (Å²) in [5, 5.41) is 6.75. The van der Waals surface area contributed by atoms with Crippen LogP contribution in [0.3, 0.4) is 0 Å². The molecule has 0 aliphatic carbocycles. The van der Waals surface area contributed by atoms with Crippen LogP contribution in [0.4, 0.5) is 0 Å². The Hall–Kier alpha value is -1.59. The molecule has 0 radical (unpaired) electrons. The third kappa shape index (κ3) is 3.74. The molecule has 5 heteroatoms. The van der Waals surface area contributed by atoms with E-state index >= 15 is 0 Å². The predicted octanol–water partition coefficient (Wildman–Crippen LogP) is 3.88. The molecule has 2 unspecified atom stereocenters. The minimum Gasteiger partial charge on any atom is -0.497 e. The standard InChI is InChI=1S/C16H22N2O2S/c1-10(17-11(2)15-9-21-12(3)18-15)14-8-13(19-4)6-7-16(14)20-5/h6-11,17H,1-5H3. The van der Waals surface area contributed by atoms with Crippen LogP contribution in [0.2, 0.25) is 0 Å². The molecule has 114 valence electrons. The zero-order valence-electron chi connectivity index (χ0n) is 13.1. The first-order valence-corrected chi connectivity index (χ1v) is 7.83. The molecule has 2 aromatic rings. The van der Waals surface area contributed by atoms with E-state index in [1.165, 1.54) is 0 Å². The Bertz CT molecular complexity index is 598. The van der Waals surface area contributed by atoms with Crippen molar-refractivity contribution in [3.8, 4) is 11.5 Å². The molecule has 0 spiro atoms. The Morgan fingerprint density at radius 3 is 2.48 bits per heavy atom. The Labute approximate surface area is 130 Å². The van der Waals surface area contributed by atoms with Crippen LogP contribution in [-0.4, -0.2) is 19.2 Å². The van der Waals surface area contributed by atoms with Gasteiger partial charge in [0.25, 0.3) is 0 Å². The summed E-state index contributed by atoms with van der Waals surface area (Å²) >= 11 is 1.67. The number of nitrogens with one attached hydrogen (secondary N) is 1. The lowest BCUT2D eigenvalue weighted by molar-refractivity contribution is 0.387. The number of nitrogens with zero attached hydrogens (tertiary/aromatic N) is 1. The average Bonchev–Trinajstić information content (AvgIpc) is 2.93. The number of hydrogen-bond acceptors (Lipinski definition) is 5. The van der Waals surface area contributed by atoms with Crippen molar-refractivity contribution >= 4 is 11.3 Å². The number of thiazole rings is 1. The topological polar surface area (TPSA) is 43.4 Å². The number of hydrogen-bond donors (Lipinski definition) is 1. The number of rotatable bonds is 6. The van der Waals surface area contributed by atoms with Gasteiger partial charge in [-0.3, -0.25) is 0 Å². The van der Waals surface area contributed by atoms with E-state index in [0.717, 1.165) is 27.8 Å². The van der Waals surface area contributed by atoms with Crippen LogP contribution in [-0.2, 0) is 0 Å². The van der Waals surface area contributed by atoms with Crippen LogP contribution in [0.5, 0.6) is 11.5 Å². The van der Waals surface area contributed by atoms with Crippen molar-refractivity contribution in [1.82, 2.24) is 10.3 Å². The van der Waals surface area contributed by atoms with Crippen LogP contribution in [0.15, 0.2) is 23.6 Å². The summed E-state index contributed by atoms with van der Waals surface area (Å²) in [5.41, 5.74) is 2.15. The summed E-state index contributed by atoms with van der Waals surface area (Å²) in [4.78, 5) is 4.53. The first-order valence-electron chi connectivity index (χ1n) is 6.95.